The summed E-state index contributed by atoms with van der Waals surface area (Å²) in [6, 6.07) is 13.9. The van der Waals surface area contributed by atoms with Crippen LogP contribution in [0.25, 0.3) is 0 Å². The van der Waals surface area contributed by atoms with Gasteiger partial charge in [-0.3, -0.25) is 4.79 Å². The minimum atomic E-state index is 0.129. The van der Waals surface area contributed by atoms with Gasteiger partial charge in [-0.1, -0.05) is 41.4 Å². The largest absolute Gasteiger partial charge is 0.496 e. The number of ether oxygens (including phenoxy) is 1. The highest BCUT2D eigenvalue weighted by Gasteiger charge is 2.12. The molecule has 0 spiro atoms. The van der Waals surface area contributed by atoms with Crippen LogP contribution in [0.1, 0.15) is 29.5 Å². The van der Waals surface area contributed by atoms with Gasteiger partial charge in [-0.15, -0.1) is 0 Å². The number of halogens is 1. The van der Waals surface area contributed by atoms with Gasteiger partial charge in [-0.25, -0.2) is 0 Å². The highest BCUT2D eigenvalue weighted by molar-refractivity contribution is 6.30. The summed E-state index contributed by atoms with van der Waals surface area (Å²) in [5.41, 5.74) is 3.44. The lowest BCUT2D eigenvalue weighted by atomic mass is 10.1. The number of rotatable bonds is 7. The molecule has 2 aromatic carbocycles. The summed E-state index contributed by atoms with van der Waals surface area (Å²) in [5.74, 6) is 0.878. The molecule has 0 fully saturated rings. The smallest absolute Gasteiger partial charge is 0.222 e. The quantitative estimate of drug-likeness (QED) is 0.731. The Morgan fingerprint density at radius 3 is 2.54 bits per heavy atom. The van der Waals surface area contributed by atoms with Crippen LogP contribution in [-0.4, -0.2) is 25.0 Å². The molecule has 2 aromatic rings. The van der Waals surface area contributed by atoms with Crippen LogP contribution in [-0.2, 0) is 17.8 Å². The Morgan fingerprint density at radius 1 is 1.17 bits per heavy atom. The van der Waals surface area contributed by atoms with Crippen molar-refractivity contribution in [1.82, 2.24) is 4.90 Å². The van der Waals surface area contributed by atoms with E-state index in [0.717, 1.165) is 24.2 Å². The van der Waals surface area contributed by atoms with Crippen molar-refractivity contribution < 1.29 is 9.53 Å². The number of amides is 1. The molecular weight excluding hydrogens is 322 g/mol. The predicted molar refractivity (Wildman–Crippen MR) is 98.6 cm³/mol. The van der Waals surface area contributed by atoms with Crippen LogP contribution >= 0.6 is 11.6 Å². The Balaban J connectivity index is 1.86. The molecule has 4 heteroatoms. The number of benzene rings is 2. The van der Waals surface area contributed by atoms with E-state index < -0.39 is 0 Å². The van der Waals surface area contributed by atoms with Gasteiger partial charge >= 0.3 is 0 Å². The van der Waals surface area contributed by atoms with Crippen LogP contribution < -0.4 is 4.74 Å². The highest BCUT2D eigenvalue weighted by atomic mass is 35.5. The van der Waals surface area contributed by atoms with Crippen molar-refractivity contribution >= 4 is 17.5 Å². The van der Waals surface area contributed by atoms with Crippen molar-refractivity contribution in [3.05, 3.63) is 64.2 Å². The fraction of sp³-hybridized carbons (Fsp3) is 0.350. The Hall–Kier alpha value is -2.00. The minimum absolute atomic E-state index is 0.129. The van der Waals surface area contributed by atoms with Crippen LogP contribution in [0.15, 0.2) is 42.5 Å². The summed E-state index contributed by atoms with van der Waals surface area (Å²) < 4.78 is 5.33. The molecule has 0 N–H and O–H groups in total. The molecule has 0 aromatic heterocycles. The number of carbonyl (C=O) groups is 1. The van der Waals surface area contributed by atoms with Gasteiger partial charge in [0.05, 0.1) is 7.11 Å². The van der Waals surface area contributed by atoms with Crippen molar-refractivity contribution in [2.75, 3.05) is 14.2 Å². The molecule has 1 amide bonds. The van der Waals surface area contributed by atoms with E-state index in [4.69, 9.17) is 16.3 Å². The lowest BCUT2D eigenvalue weighted by Gasteiger charge is -2.19. The molecular formula is C20H24ClNO2. The van der Waals surface area contributed by atoms with Gasteiger partial charge < -0.3 is 9.64 Å². The molecule has 3 nitrogen and oxygen atoms in total. The maximum absolute atomic E-state index is 12.3. The molecule has 0 aliphatic rings. The van der Waals surface area contributed by atoms with Gasteiger partial charge in [0, 0.05) is 30.6 Å². The van der Waals surface area contributed by atoms with E-state index in [2.05, 4.69) is 31.2 Å². The van der Waals surface area contributed by atoms with E-state index >= 15 is 0 Å². The van der Waals surface area contributed by atoms with Gasteiger partial charge in [0.15, 0.2) is 0 Å². The van der Waals surface area contributed by atoms with Crippen LogP contribution in [0.2, 0.25) is 5.02 Å². The fourth-order valence-corrected chi connectivity index (χ4v) is 2.80. The standard InChI is InChI=1S/C20H24ClNO2/c1-15-7-9-16(10-8-15)5-4-6-20(23)22(2)14-17-13-18(21)11-12-19(17)24-3/h7-13H,4-6,14H2,1-3H3. The monoisotopic (exact) mass is 345 g/mol. The number of methoxy groups -OCH3 is 1. The Morgan fingerprint density at radius 2 is 1.88 bits per heavy atom. The average molecular weight is 346 g/mol. The molecule has 0 bridgehead atoms. The lowest BCUT2D eigenvalue weighted by molar-refractivity contribution is -0.130. The second-order valence-corrected chi connectivity index (χ2v) is 6.48. The third-order valence-corrected chi connectivity index (χ3v) is 4.29. The van der Waals surface area contributed by atoms with Gasteiger partial charge in [-0.2, -0.15) is 0 Å². The predicted octanol–water partition coefficient (Wildman–Crippen LogP) is 4.64. The molecule has 0 unspecified atom stereocenters. The third-order valence-electron chi connectivity index (χ3n) is 4.05. The average Bonchev–Trinajstić information content (AvgIpc) is 2.56. The maximum Gasteiger partial charge on any atom is 0.222 e. The summed E-state index contributed by atoms with van der Waals surface area (Å²) in [6.45, 7) is 2.57. The van der Waals surface area contributed by atoms with Crippen molar-refractivity contribution in [1.29, 1.82) is 0 Å². The van der Waals surface area contributed by atoms with E-state index in [1.54, 1.807) is 18.1 Å². The molecule has 24 heavy (non-hydrogen) atoms. The van der Waals surface area contributed by atoms with Crippen molar-refractivity contribution in [2.45, 2.75) is 32.7 Å². The number of hydrogen-bond donors (Lipinski definition) is 0. The zero-order valence-electron chi connectivity index (χ0n) is 14.5. The molecule has 2 rings (SSSR count). The molecule has 0 aliphatic heterocycles. The molecule has 128 valence electrons. The minimum Gasteiger partial charge on any atom is -0.496 e. The first kappa shape index (κ1) is 18.3. The van der Waals surface area contributed by atoms with Crippen LogP contribution in [0, 0.1) is 6.92 Å². The van der Waals surface area contributed by atoms with E-state index in [9.17, 15) is 4.79 Å². The lowest BCUT2D eigenvalue weighted by Crippen LogP contribution is -2.26. The SMILES string of the molecule is COc1ccc(Cl)cc1CN(C)C(=O)CCCc1ccc(C)cc1. The highest BCUT2D eigenvalue weighted by Crippen LogP contribution is 2.24. The van der Waals surface area contributed by atoms with E-state index in [-0.39, 0.29) is 5.91 Å². The first-order chi connectivity index (χ1) is 11.5. The van der Waals surface area contributed by atoms with Crippen LogP contribution in [0.4, 0.5) is 0 Å². The molecule has 0 radical (unpaired) electrons. The summed E-state index contributed by atoms with van der Waals surface area (Å²) in [6.07, 6.45) is 2.30. The molecule has 0 saturated heterocycles. The molecule has 0 atom stereocenters. The topological polar surface area (TPSA) is 29.5 Å². The third kappa shape index (κ3) is 5.27. The van der Waals surface area contributed by atoms with Crippen LogP contribution in [0.3, 0.4) is 0 Å². The fourth-order valence-electron chi connectivity index (χ4n) is 2.60. The summed E-state index contributed by atoms with van der Waals surface area (Å²) in [4.78, 5) is 14.1. The van der Waals surface area contributed by atoms with Crippen LogP contribution in [0.5, 0.6) is 5.75 Å². The Labute approximate surface area is 149 Å². The summed E-state index contributed by atoms with van der Waals surface area (Å²) in [5, 5.41) is 0.644. The number of carbonyl (C=O) groups excluding carboxylic acids is 1. The Bertz CT molecular complexity index is 683. The number of aryl methyl sites for hydroxylation is 2. The second kappa shape index (κ2) is 8.74. The van der Waals surface area contributed by atoms with Gasteiger partial charge in [0.1, 0.15) is 5.75 Å². The summed E-state index contributed by atoms with van der Waals surface area (Å²) >= 11 is 6.04. The van der Waals surface area contributed by atoms with E-state index in [1.165, 1.54) is 11.1 Å². The summed E-state index contributed by atoms with van der Waals surface area (Å²) in [7, 11) is 3.44. The van der Waals surface area contributed by atoms with Gasteiger partial charge in [0.25, 0.3) is 0 Å². The molecule has 0 heterocycles. The normalized spacial score (nSPS) is 10.5. The Kier molecular flexibility index (Phi) is 6.68. The van der Waals surface area contributed by atoms with E-state index in [1.807, 2.05) is 19.2 Å². The van der Waals surface area contributed by atoms with E-state index in [0.29, 0.717) is 18.0 Å². The second-order valence-electron chi connectivity index (χ2n) is 6.05. The zero-order valence-corrected chi connectivity index (χ0v) is 15.3. The first-order valence-corrected chi connectivity index (χ1v) is 8.49. The zero-order chi connectivity index (χ0) is 17.5. The number of hydrogen-bond acceptors (Lipinski definition) is 2. The number of nitrogens with zero attached hydrogens (tertiary/aromatic N) is 1. The van der Waals surface area contributed by atoms with Crippen molar-refractivity contribution in [3.63, 3.8) is 0 Å². The molecule has 0 aliphatic carbocycles. The molecule has 0 saturated carbocycles. The van der Waals surface area contributed by atoms with Crippen molar-refractivity contribution in [2.24, 2.45) is 0 Å². The maximum atomic E-state index is 12.3. The first-order valence-electron chi connectivity index (χ1n) is 8.11. The van der Waals surface area contributed by atoms with Crippen molar-refractivity contribution in [3.8, 4) is 5.75 Å². The van der Waals surface area contributed by atoms with Gasteiger partial charge in [0.2, 0.25) is 5.91 Å². The van der Waals surface area contributed by atoms with Gasteiger partial charge in [-0.05, 0) is 43.5 Å².